The number of rotatable bonds is 5. The lowest BCUT2D eigenvalue weighted by atomic mass is 10.1. The number of hydrogen-bond donors (Lipinski definition) is 0. The lowest BCUT2D eigenvalue weighted by Gasteiger charge is -2.44. The molecule has 2 atom stereocenters. The Morgan fingerprint density at radius 1 is 0.964 bits per heavy atom. The van der Waals surface area contributed by atoms with Crippen LogP contribution in [0, 0.1) is 5.92 Å². The molecule has 28 heavy (non-hydrogen) atoms. The fourth-order valence-electron chi connectivity index (χ4n) is 5.27. The molecule has 0 spiro atoms. The molecule has 2 aromatic carbocycles. The zero-order valence-electron chi connectivity index (χ0n) is 17.7. The predicted octanol–water partition coefficient (Wildman–Crippen LogP) is 4.56. The van der Waals surface area contributed by atoms with Crippen molar-refractivity contribution in [1.29, 1.82) is 0 Å². The van der Waals surface area contributed by atoms with Crippen LogP contribution in [0.1, 0.15) is 40.5 Å². The highest BCUT2D eigenvalue weighted by molar-refractivity contribution is 6.99. The predicted molar refractivity (Wildman–Crippen MR) is 121 cm³/mol. The monoisotopic (exact) mass is 391 g/mol. The summed E-state index contributed by atoms with van der Waals surface area (Å²) in [5.74, 6) is 0.662. The van der Waals surface area contributed by atoms with Gasteiger partial charge in [0.2, 0.25) is 0 Å². The van der Waals surface area contributed by atoms with Crippen LogP contribution in [0.25, 0.3) is 0 Å². The highest BCUT2D eigenvalue weighted by atomic mass is 28.4. The normalized spacial score (nSPS) is 22.3. The van der Waals surface area contributed by atoms with E-state index in [1.54, 1.807) is 5.70 Å². The topological polar surface area (TPSA) is 12.5 Å². The zero-order chi connectivity index (χ0) is 19.8. The Balaban J connectivity index is 1.72. The molecule has 2 nitrogen and oxygen atoms in total. The van der Waals surface area contributed by atoms with Crippen LogP contribution in [-0.4, -0.2) is 32.4 Å². The van der Waals surface area contributed by atoms with E-state index in [1.165, 1.54) is 23.2 Å². The third-order valence-electron chi connectivity index (χ3n) is 6.54. The Hall–Kier alpha value is -1.84. The van der Waals surface area contributed by atoms with Crippen LogP contribution in [0.5, 0.6) is 0 Å². The molecule has 0 aromatic heterocycles. The number of nitrogens with zero attached hydrogens (tertiary/aromatic N) is 1. The van der Waals surface area contributed by atoms with E-state index in [0.717, 1.165) is 13.2 Å². The van der Waals surface area contributed by atoms with Gasteiger partial charge in [-0.1, -0.05) is 94.4 Å². The summed E-state index contributed by atoms with van der Waals surface area (Å²) in [4.78, 5) is 2.61. The second-order valence-corrected chi connectivity index (χ2v) is 13.7. The van der Waals surface area contributed by atoms with E-state index < -0.39 is 8.32 Å². The number of benzene rings is 2. The van der Waals surface area contributed by atoms with Crippen LogP contribution < -0.4 is 10.4 Å². The zero-order valence-corrected chi connectivity index (χ0v) is 18.7. The van der Waals surface area contributed by atoms with E-state index in [2.05, 4.69) is 99.3 Å². The van der Waals surface area contributed by atoms with Crippen LogP contribution in [-0.2, 0) is 4.43 Å². The third-order valence-corrected chi connectivity index (χ3v) is 11.5. The molecule has 4 rings (SSSR count). The van der Waals surface area contributed by atoms with Gasteiger partial charge in [-0.3, -0.25) is 0 Å². The van der Waals surface area contributed by atoms with Gasteiger partial charge in [-0.25, -0.2) is 0 Å². The van der Waals surface area contributed by atoms with E-state index in [1.807, 2.05) is 0 Å². The minimum atomic E-state index is -2.43. The summed E-state index contributed by atoms with van der Waals surface area (Å²) in [6.45, 7) is 11.4. The fraction of sp³-hybridized carbons (Fsp3) is 0.440. The third kappa shape index (κ3) is 3.25. The molecule has 1 saturated heterocycles. The summed E-state index contributed by atoms with van der Waals surface area (Å²) in [6.07, 6.45) is 4.84. The maximum Gasteiger partial charge on any atom is 0.261 e. The van der Waals surface area contributed by atoms with Gasteiger partial charge in [0.25, 0.3) is 8.32 Å². The summed E-state index contributed by atoms with van der Waals surface area (Å²) in [7, 11) is -2.43. The Morgan fingerprint density at radius 2 is 1.54 bits per heavy atom. The van der Waals surface area contributed by atoms with Crippen molar-refractivity contribution in [2.75, 3.05) is 13.2 Å². The van der Waals surface area contributed by atoms with Crippen LogP contribution in [0.3, 0.4) is 0 Å². The van der Waals surface area contributed by atoms with Gasteiger partial charge >= 0.3 is 0 Å². The van der Waals surface area contributed by atoms with E-state index >= 15 is 0 Å². The van der Waals surface area contributed by atoms with E-state index in [4.69, 9.17) is 4.43 Å². The van der Waals surface area contributed by atoms with Crippen molar-refractivity contribution in [1.82, 2.24) is 4.90 Å². The Kier molecular flexibility index (Phi) is 5.24. The van der Waals surface area contributed by atoms with Crippen LogP contribution in [0.2, 0.25) is 5.04 Å². The molecule has 1 fully saturated rings. The average Bonchev–Trinajstić information content (AvgIpc) is 3.28. The largest absolute Gasteiger partial charge is 0.405 e. The van der Waals surface area contributed by atoms with Crippen molar-refractivity contribution >= 4 is 18.7 Å². The van der Waals surface area contributed by atoms with Crippen molar-refractivity contribution in [3.8, 4) is 0 Å². The van der Waals surface area contributed by atoms with Gasteiger partial charge in [-0.05, 0) is 34.2 Å². The summed E-state index contributed by atoms with van der Waals surface area (Å²) in [5, 5.41) is 2.79. The van der Waals surface area contributed by atoms with Gasteiger partial charge in [0.1, 0.15) is 0 Å². The molecule has 2 aliphatic heterocycles. The molecule has 0 N–H and O–H groups in total. The molecule has 0 aliphatic carbocycles. The lowest BCUT2D eigenvalue weighted by molar-refractivity contribution is 0.190. The minimum absolute atomic E-state index is 0.0452. The Labute approximate surface area is 171 Å². The smallest absolute Gasteiger partial charge is 0.261 e. The van der Waals surface area contributed by atoms with Gasteiger partial charge in [0.15, 0.2) is 0 Å². The molecule has 2 heterocycles. The number of hydrogen-bond acceptors (Lipinski definition) is 2. The van der Waals surface area contributed by atoms with E-state index in [9.17, 15) is 0 Å². The Morgan fingerprint density at radius 3 is 2.07 bits per heavy atom. The summed E-state index contributed by atoms with van der Waals surface area (Å²) < 4.78 is 7.18. The molecule has 0 amide bonds. The van der Waals surface area contributed by atoms with E-state index in [0.29, 0.717) is 12.0 Å². The molecule has 0 bridgehead atoms. The lowest BCUT2D eigenvalue weighted by Crippen LogP contribution is -2.67. The highest BCUT2D eigenvalue weighted by Gasteiger charge is 2.51. The maximum atomic E-state index is 7.18. The molecule has 2 aromatic rings. The fourth-order valence-corrected chi connectivity index (χ4v) is 9.87. The van der Waals surface area contributed by atoms with Crippen molar-refractivity contribution in [2.45, 2.75) is 51.6 Å². The molecule has 148 valence electrons. The molecular formula is C25H33NOSi. The molecule has 1 unspecified atom stereocenters. The van der Waals surface area contributed by atoms with Crippen molar-refractivity contribution in [3.63, 3.8) is 0 Å². The highest BCUT2D eigenvalue weighted by Crippen LogP contribution is 2.40. The van der Waals surface area contributed by atoms with Gasteiger partial charge in [0.05, 0.1) is 12.6 Å². The van der Waals surface area contributed by atoms with Crippen LogP contribution in [0.4, 0.5) is 0 Å². The van der Waals surface area contributed by atoms with E-state index in [-0.39, 0.29) is 5.04 Å². The molecule has 0 radical (unpaired) electrons. The molecular weight excluding hydrogens is 358 g/mol. The van der Waals surface area contributed by atoms with Crippen molar-refractivity contribution < 1.29 is 4.43 Å². The van der Waals surface area contributed by atoms with Crippen molar-refractivity contribution in [2.24, 2.45) is 5.92 Å². The van der Waals surface area contributed by atoms with Crippen LogP contribution in [0.15, 0.2) is 72.4 Å². The quantitative estimate of drug-likeness (QED) is 0.693. The minimum Gasteiger partial charge on any atom is -0.405 e. The van der Waals surface area contributed by atoms with Gasteiger partial charge < -0.3 is 9.33 Å². The van der Waals surface area contributed by atoms with Crippen molar-refractivity contribution in [3.05, 3.63) is 72.4 Å². The maximum absolute atomic E-state index is 7.18. The van der Waals surface area contributed by atoms with Gasteiger partial charge in [-0.2, -0.15) is 0 Å². The number of allylic oxidation sites excluding steroid dienone is 1. The summed E-state index contributed by atoms with van der Waals surface area (Å²) in [5.41, 5.74) is 1.55. The Bertz CT molecular complexity index is 785. The van der Waals surface area contributed by atoms with Gasteiger partial charge in [0, 0.05) is 12.2 Å². The first-order chi connectivity index (χ1) is 13.4. The summed E-state index contributed by atoms with van der Waals surface area (Å²) >= 11 is 0. The summed E-state index contributed by atoms with van der Waals surface area (Å²) in [6, 6.07) is 22.5. The second-order valence-electron chi connectivity index (χ2n) is 9.38. The first-order valence-corrected chi connectivity index (χ1v) is 12.6. The SMILES string of the molecule is CC1C[C@@H](CO[Si](c2ccccc2)(c2ccccc2)C(C)(C)C)N2CCC=C12. The second kappa shape index (κ2) is 7.53. The molecule has 2 aliphatic rings. The number of fused-ring (bicyclic) bond motifs is 1. The van der Waals surface area contributed by atoms with Gasteiger partial charge in [-0.15, -0.1) is 0 Å². The average molecular weight is 392 g/mol. The first kappa shape index (κ1) is 19.5. The molecule has 0 saturated carbocycles. The molecule has 3 heteroatoms. The first-order valence-electron chi connectivity index (χ1n) is 10.6. The standard InChI is InChI=1S/C25H33NOSi/c1-20-18-21(26-17-11-16-24(20)26)19-27-28(25(2,3)4,22-12-7-5-8-13-22)23-14-9-6-10-15-23/h5-10,12-16,20-21H,11,17-19H2,1-4H3/t20?,21-/m0/s1. The van der Waals surface area contributed by atoms with Crippen LogP contribution >= 0.6 is 0 Å².